The average Bonchev–Trinajstić information content (AvgIpc) is 2.95. The molecule has 0 atom stereocenters. The summed E-state index contributed by atoms with van der Waals surface area (Å²) in [5.74, 6) is 0.746. The van der Waals surface area contributed by atoms with E-state index in [0.29, 0.717) is 22.6 Å². The third-order valence-electron chi connectivity index (χ3n) is 3.82. The molecule has 0 radical (unpaired) electrons. The molecule has 1 heterocycles. The van der Waals surface area contributed by atoms with Crippen LogP contribution in [0.5, 0.6) is 11.5 Å². The van der Waals surface area contributed by atoms with E-state index < -0.39 is 0 Å². The molecule has 0 unspecified atom stereocenters. The Morgan fingerprint density at radius 1 is 1.21 bits per heavy atom. The second-order valence-electron chi connectivity index (χ2n) is 5.36. The molecule has 0 bridgehead atoms. The SMILES string of the molecule is COc1cc(C#N)ccc1OCC(=O)c1c(C)[nH]c2ccccc12. The van der Waals surface area contributed by atoms with E-state index in [4.69, 9.17) is 14.7 Å². The monoisotopic (exact) mass is 320 g/mol. The minimum Gasteiger partial charge on any atom is -0.493 e. The molecule has 0 fully saturated rings. The van der Waals surface area contributed by atoms with Crippen LogP contribution in [0.15, 0.2) is 42.5 Å². The standard InChI is InChI=1S/C19H16N2O3/c1-12-19(14-5-3-4-6-15(14)21-12)16(22)11-24-17-8-7-13(10-20)9-18(17)23-2/h3-9,21H,11H2,1-2H3. The number of aromatic nitrogens is 1. The van der Waals surface area contributed by atoms with Crippen LogP contribution >= 0.6 is 0 Å². The van der Waals surface area contributed by atoms with Crippen LogP contribution in [-0.4, -0.2) is 24.5 Å². The number of benzene rings is 2. The minimum atomic E-state index is -0.114. The number of ether oxygens (including phenoxy) is 2. The van der Waals surface area contributed by atoms with Crippen molar-refractivity contribution in [1.82, 2.24) is 4.98 Å². The first-order valence-electron chi connectivity index (χ1n) is 7.45. The zero-order valence-corrected chi connectivity index (χ0v) is 13.4. The van der Waals surface area contributed by atoms with Crippen LogP contribution in [0.3, 0.4) is 0 Å². The van der Waals surface area contributed by atoms with E-state index in [1.807, 2.05) is 37.3 Å². The Morgan fingerprint density at radius 2 is 2.00 bits per heavy atom. The fraction of sp³-hybridized carbons (Fsp3) is 0.158. The maximum Gasteiger partial charge on any atom is 0.202 e. The molecule has 0 aliphatic heterocycles. The lowest BCUT2D eigenvalue weighted by atomic mass is 10.1. The highest BCUT2D eigenvalue weighted by Gasteiger charge is 2.17. The fourth-order valence-corrected chi connectivity index (χ4v) is 2.71. The van der Waals surface area contributed by atoms with Crippen molar-refractivity contribution in [2.24, 2.45) is 0 Å². The normalized spacial score (nSPS) is 10.4. The molecule has 24 heavy (non-hydrogen) atoms. The van der Waals surface area contributed by atoms with Crippen LogP contribution < -0.4 is 9.47 Å². The van der Waals surface area contributed by atoms with Crippen molar-refractivity contribution in [3.8, 4) is 17.6 Å². The highest BCUT2D eigenvalue weighted by molar-refractivity contribution is 6.09. The van der Waals surface area contributed by atoms with Gasteiger partial charge < -0.3 is 14.5 Å². The molecule has 0 amide bonds. The maximum atomic E-state index is 12.6. The number of hydrogen-bond acceptors (Lipinski definition) is 4. The summed E-state index contributed by atoms with van der Waals surface area (Å²) in [4.78, 5) is 15.8. The van der Waals surface area contributed by atoms with Crippen molar-refractivity contribution in [3.05, 3.63) is 59.3 Å². The smallest absolute Gasteiger partial charge is 0.202 e. The molecule has 3 rings (SSSR count). The number of carbonyl (C=O) groups is 1. The first kappa shape index (κ1) is 15.6. The number of nitrogens with zero attached hydrogens (tertiary/aromatic N) is 1. The molecule has 0 spiro atoms. The van der Waals surface area contributed by atoms with Crippen molar-refractivity contribution in [3.63, 3.8) is 0 Å². The Balaban J connectivity index is 1.83. The van der Waals surface area contributed by atoms with E-state index >= 15 is 0 Å². The number of hydrogen-bond donors (Lipinski definition) is 1. The molecule has 0 aliphatic carbocycles. The number of rotatable bonds is 5. The lowest BCUT2D eigenvalue weighted by Gasteiger charge is -2.10. The summed E-state index contributed by atoms with van der Waals surface area (Å²) in [6.07, 6.45) is 0. The van der Waals surface area contributed by atoms with E-state index in [9.17, 15) is 4.79 Å². The molecular formula is C19H16N2O3. The average molecular weight is 320 g/mol. The van der Waals surface area contributed by atoms with Gasteiger partial charge in [0.15, 0.2) is 18.1 Å². The summed E-state index contributed by atoms with van der Waals surface area (Å²) in [5.41, 5.74) is 2.85. The molecule has 1 aromatic heterocycles. The topological polar surface area (TPSA) is 75.1 Å². The van der Waals surface area contributed by atoms with Gasteiger partial charge in [-0.15, -0.1) is 0 Å². The van der Waals surface area contributed by atoms with Crippen LogP contribution in [0.1, 0.15) is 21.6 Å². The van der Waals surface area contributed by atoms with Crippen LogP contribution in [0, 0.1) is 18.3 Å². The van der Waals surface area contributed by atoms with E-state index in [2.05, 4.69) is 4.98 Å². The summed E-state index contributed by atoms with van der Waals surface area (Å²) in [7, 11) is 1.50. The lowest BCUT2D eigenvalue weighted by Crippen LogP contribution is -2.12. The minimum absolute atomic E-state index is 0.106. The largest absolute Gasteiger partial charge is 0.493 e. The molecule has 3 aromatic rings. The summed E-state index contributed by atoms with van der Waals surface area (Å²) < 4.78 is 10.8. The van der Waals surface area contributed by atoms with Gasteiger partial charge in [0, 0.05) is 28.2 Å². The van der Waals surface area contributed by atoms with Crippen molar-refractivity contribution >= 4 is 16.7 Å². The lowest BCUT2D eigenvalue weighted by molar-refractivity contribution is 0.0920. The van der Waals surface area contributed by atoms with E-state index in [0.717, 1.165) is 16.6 Å². The van der Waals surface area contributed by atoms with Gasteiger partial charge in [-0.2, -0.15) is 5.26 Å². The quantitative estimate of drug-likeness (QED) is 0.729. The van der Waals surface area contributed by atoms with E-state index in [1.54, 1.807) is 18.2 Å². The Labute approximate surface area is 139 Å². The summed E-state index contributed by atoms with van der Waals surface area (Å²) in [6, 6.07) is 14.5. The number of aryl methyl sites for hydroxylation is 1. The first-order valence-corrected chi connectivity index (χ1v) is 7.45. The number of H-pyrrole nitrogens is 1. The van der Waals surface area contributed by atoms with Gasteiger partial charge in [-0.25, -0.2) is 0 Å². The second kappa shape index (κ2) is 6.47. The Morgan fingerprint density at radius 3 is 2.75 bits per heavy atom. The number of aromatic amines is 1. The van der Waals surface area contributed by atoms with E-state index in [1.165, 1.54) is 7.11 Å². The third kappa shape index (κ3) is 2.82. The number of Topliss-reactive ketones (excluding diaryl/α,β-unsaturated/α-hetero) is 1. The van der Waals surface area contributed by atoms with Gasteiger partial charge >= 0.3 is 0 Å². The maximum absolute atomic E-state index is 12.6. The van der Waals surface area contributed by atoms with Crippen molar-refractivity contribution in [2.45, 2.75) is 6.92 Å². The summed E-state index contributed by atoms with van der Waals surface area (Å²) in [5, 5.41) is 9.80. The van der Waals surface area contributed by atoms with Crippen molar-refractivity contribution in [1.29, 1.82) is 5.26 Å². The molecule has 5 heteroatoms. The van der Waals surface area contributed by atoms with Gasteiger partial charge in [-0.3, -0.25) is 4.79 Å². The van der Waals surface area contributed by atoms with Gasteiger partial charge in [0.05, 0.1) is 18.7 Å². The Hall–Kier alpha value is -3.26. The molecule has 0 saturated carbocycles. The van der Waals surface area contributed by atoms with Gasteiger partial charge in [0.2, 0.25) is 5.78 Å². The second-order valence-corrected chi connectivity index (χ2v) is 5.36. The molecule has 5 nitrogen and oxygen atoms in total. The molecule has 1 N–H and O–H groups in total. The number of ketones is 1. The van der Waals surface area contributed by atoms with E-state index in [-0.39, 0.29) is 12.4 Å². The van der Waals surface area contributed by atoms with Gasteiger partial charge in [-0.05, 0) is 25.1 Å². The molecule has 2 aromatic carbocycles. The number of nitriles is 1. The van der Waals surface area contributed by atoms with Crippen molar-refractivity contribution < 1.29 is 14.3 Å². The molecule has 120 valence electrons. The predicted molar refractivity (Wildman–Crippen MR) is 90.6 cm³/mol. The third-order valence-corrected chi connectivity index (χ3v) is 3.82. The molecule has 0 aliphatic rings. The number of nitrogens with one attached hydrogen (secondary N) is 1. The summed E-state index contributed by atoms with van der Waals surface area (Å²) in [6.45, 7) is 1.76. The fourth-order valence-electron chi connectivity index (χ4n) is 2.71. The number of carbonyl (C=O) groups excluding carboxylic acids is 1. The highest BCUT2D eigenvalue weighted by atomic mass is 16.5. The molecular weight excluding hydrogens is 304 g/mol. The van der Waals surface area contributed by atoms with Crippen LogP contribution in [0.25, 0.3) is 10.9 Å². The van der Waals surface area contributed by atoms with Crippen LogP contribution in [0.2, 0.25) is 0 Å². The summed E-state index contributed by atoms with van der Waals surface area (Å²) >= 11 is 0. The Kier molecular flexibility index (Phi) is 4.21. The number of methoxy groups -OCH3 is 1. The molecule has 0 saturated heterocycles. The Bertz CT molecular complexity index is 951. The van der Waals surface area contributed by atoms with Gasteiger partial charge in [0.25, 0.3) is 0 Å². The highest BCUT2D eigenvalue weighted by Crippen LogP contribution is 2.28. The van der Waals surface area contributed by atoms with Gasteiger partial charge in [-0.1, -0.05) is 18.2 Å². The number of para-hydroxylation sites is 1. The van der Waals surface area contributed by atoms with Gasteiger partial charge in [0.1, 0.15) is 0 Å². The van der Waals surface area contributed by atoms with Crippen LogP contribution in [0.4, 0.5) is 0 Å². The predicted octanol–water partition coefficient (Wildman–Crippen LogP) is 3.62. The first-order chi connectivity index (χ1) is 11.6. The zero-order chi connectivity index (χ0) is 17.1. The zero-order valence-electron chi connectivity index (χ0n) is 13.4. The van der Waals surface area contributed by atoms with Crippen molar-refractivity contribution in [2.75, 3.05) is 13.7 Å². The number of fused-ring (bicyclic) bond motifs is 1. The van der Waals surface area contributed by atoms with Crippen LogP contribution in [-0.2, 0) is 0 Å².